The molecule has 25 heavy (non-hydrogen) atoms. The fourth-order valence-electron chi connectivity index (χ4n) is 2.27. The Hall–Kier alpha value is -2.78. The first-order chi connectivity index (χ1) is 11.6. The van der Waals surface area contributed by atoms with Crippen molar-refractivity contribution in [2.24, 2.45) is 5.14 Å². The van der Waals surface area contributed by atoms with Crippen LogP contribution in [-0.2, 0) is 10.0 Å². The molecule has 0 heterocycles. The minimum Gasteiger partial charge on any atom is -0.346 e. The van der Waals surface area contributed by atoms with Crippen molar-refractivity contribution in [3.05, 3.63) is 69.3 Å². The molecule has 0 fully saturated rings. The number of primary sulfonamides is 1. The van der Waals surface area contributed by atoms with Gasteiger partial charge in [-0.3, -0.25) is 14.9 Å². The highest BCUT2D eigenvalue weighted by atomic mass is 32.2. The van der Waals surface area contributed by atoms with Crippen LogP contribution in [0.15, 0.2) is 47.4 Å². The third-order valence-electron chi connectivity index (χ3n) is 3.70. The molecule has 0 aromatic heterocycles. The highest BCUT2D eigenvalue weighted by molar-refractivity contribution is 7.89. The van der Waals surface area contributed by atoms with Crippen LogP contribution >= 0.6 is 0 Å². The maximum Gasteiger partial charge on any atom is 0.273 e. The molecular formula is C16H17N3O5S. The van der Waals surface area contributed by atoms with Crippen LogP contribution in [0.3, 0.4) is 0 Å². The van der Waals surface area contributed by atoms with Crippen LogP contribution in [0.1, 0.15) is 34.5 Å². The van der Waals surface area contributed by atoms with Crippen molar-refractivity contribution in [1.29, 1.82) is 0 Å². The lowest BCUT2D eigenvalue weighted by atomic mass is 10.1. The standard InChI is InChI=1S/C16H17N3O5S/c1-10-6-7-13(9-15(10)19(21)22)16(20)18-11(2)12-4-3-5-14(8-12)25(17,23)24/h3-9,11H,1-2H3,(H,18,20)(H2,17,23,24). The Balaban J connectivity index is 2.24. The average molecular weight is 363 g/mol. The first kappa shape index (κ1) is 18.6. The normalized spacial score (nSPS) is 12.4. The molecule has 9 heteroatoms. The van der Waals surface area contributed by atoms with Crippen molar-refractivity contribution < 1.29 is 18.1 Å². The Bertz CT molecular complexity index is 941. The van der Waals surface area contributed by atoms with Gasteiger partial charge < -0.3 is 5.32 Å². The predicted molar refractivity (Wildman–Crippen MR) is 91.5 cm³/mol. The van der Waals surface area contributed by atoms with Gasteiger partial charge in [0.25, 0.3) is 11.6 Å². The molecule has 2 rings (SSSR count). The van der Waals surface area contributed by atoms with Gasteiger partial charge in [-0.1, -0.05) is 18.2 Å². The summed E-state index contributed by atoms with van der Waals surface area (Å²) in [6, 6.07) is 9.58. The number of amides is 1. The topological polar surface area (TPSA) is 132 Å². The third kappa shape index (κ3) is 4.40. The number of carbonyl (C=O) groups is 1. The molecule has 0 aliphatic heterocycles. The van der Waals surface area contributed by atoms with Crippen LogP contribution in [0.5, 0.6) is 0 Å². The number of carbonyl (C=O) groups excluding carboxylic acids is 1. The van der Waals surface area contributed by atoms with Gasteiger partial charge in [-0.25, -0.2) is 13.6 Å². The summed E-state index contributed by atoms with van der Waals surface area (Å²) >= 11 is 0. The smallest absolute Gasteiger partial charge is 0.273 e. The molecule has 1 unspecified atom stereocenters. The SMILES string of the molecule is Cc1ccc(C(=O)NC(C)c2cccc(S(N)(=O)=O)c2)cc1[N+](=O)[O-]. The lowest BCUT2D eigenvalue weighted by molar-refractivity contribution is -0.385. The molecule has 0 aliphatic carbocycles. The summed E-state index contributed by atoms with van der Waals surface area (Å²) in [5.74, 6) is -0.503. The fourth-order valence-corrected chi connectivity index (χ4v) is 2.84. The Morgan fingerprint density at radius 2 is 1.92 bits per heavy atom. The number of hydrogen-bond donors (Lipinski definition) is 2. The second-order valence-corrected chi connectivity index (χ2v) is 7.13. The maximum atomic E-state index is 12.3. The zero-order valence-corrected chi connectivity index (χ0v) is 14.4. The second-order valence-electron chi connectivity index (χ2n) is 5.57. The van der Waals surface area contributed by atoms with Crippen molar-refractivity contribution in [2.75, 3.05) is 0 Å². The van der Waals surface area contributed by atoms with Crippen LogP contribution in [0.4, 0.5) is 5.69 Å². The van der Waals surface area contributed by atoms with Crippen molar-refractivity contribution >= 4 is 21.6 Å². The average Bonchev–Trinajstić information content (AvgIpc) is 2.54. The molecule has 1 atom stereocenters. The second kappa shape index (κ2) is 6.99. The molecule has 0 bridgehead atoms. The van der Waals surface area contributed by atoms with E-state index < -0.39 is 26.9 Å². The molecule has 2 aromatic rings. The van der Waals surface area contributed by atoms with E-state index in [9.17, 15) is 23.3 Å². The van der Waals surface area contributed by atoms with Crippen molar-refractivity contribution in [3.63, 3.8) is 0 Å². The Kier molecular flexibility index (Phi) is 5.19. The number of nitro benzene ring substituents is 1. The minimum atomic E-state index is -3.85. The van der Waals surface area contributed by atoms with Gasteiger partial charge in [0.05, 0.1) is 15.9 Å². The summed E-state index contributed by atoms with van der Waals surface area (Å²) in [4.78, 5) is 22.7. The monoisotopic (exact) mass is 363 g/mol. The van der Waals surface area contributed by atoms with Gasteiger partial charge in [-0.2, -0.15) is 0 Å². The number of rotatable bonds is 5. The molecule has 2 aromatic carbocycles. The van der Waals surface area contributed by atoms with E-state index >= 15 is 0 Å². The molecule has 0 saturated heterocycles. The van der Waals surface area contributed by atoms with E-state index in [1.54, 1.807) is 19.9 Å². The predicted octanol–water partition coefficient (Wildman–Crippen LogP) is 2.04. The quantitative estimate of drug-likeness (QED) is 0.619. The van der Waals surface area contributed by atoms with Crippen LogP contribution in [-0.4, -0.2) is 19.2 Å². The third-order valence-corrected chi connectivity index (χ3v) is 4.61. The number of nitrogens with one attached hydrogen (secondary N) is 1. The van der Waals surface area contributed by atoms with Crippen molar-refractivity contribution in [2.45, 2.75) is 24.8 Å². The van der Waals surface area contributed by atoms with Gasteiger partial charge in [0.2, 0.25) is 10.0 Å². The van der Waals surface area contributed by atoms with Crippen molar-refractivity contribution in [1.82, 2.24) is 5.32 Å². The molecular weight excluding hydrogens is 346 g/mol. The molecule has 132 valence electrons. The summed E-state index contributed by atoms with van der Waals surface area (Å²) < 4.78 is 22.8. The Morgan fingerprint density at radius 1 is 1.24 bits per heavy atom. The van der Waals surface area contributed by atoms with Gasteiger partial charge >= 0.3 is 0 Å². The van der Waals surface area contributed by atoms with Gasteiger partial charge in [-0.05, 0) is 37.6 Å². The summed E-state index contributed by atoms with van der Waals surface area (Å²) in [5.41, 5.74) is 1.00. The van der Waals surface area contributed by atoms with Crippen LogP contribution in [0.25, 0.3) is 0 Å². The summed E-state index contributed by atoms with van der Waals surface area (Å²) in [5, 5.41) is 18.8. The van der Waals surface area contributed by atoms with E-state index in [4.69, 9.17) is 5.14 Å². The van der Waals surface area contributed by atoms with E-state index in [0.717, 1.165) is 0 Å². The number of nitro groups is 1. The fraction of sp³-hybridized carbons (Fsp3) is 0.188. The molecule has 8 nitrogen and oxygen atoms in total. The van der Waals surface area contributed by atoms with Gasteiger partial charge in [0.1, 0.15) is 0 Å². The van der Waals surface area contributed by atoms with Gasteiger partial charge in [0.15, 0.2) is 0 Å². The maximum absolute atomic E-state index is 12.3. The summed E-state index contributed by atoms with van der Waals surface area (Å²) in [6.07, 6.45) is 0. The summed E-state index contributed by atoms with van der Waals surface area (Å²) in [7, 11) is -3.85. The lowest BCUT2D eigenvalue weighted by Crippen LogP contribution is -2.27. The van der Waals surface area contributed by atoms with Crippen molar-refractivity contribution in [3.8, 4) is 0 Å². The highest BCUT2D eigenvalue weighted by Crippen LogP contribution is 2.21. The van der Waals surface area contributed by atoms with Gasteiger partial charge in [0, 0.05) is 17.2 Å². The zero-order chi connectivity index (χ0) is 18.8. The van der Waals surface area contributed by atoms with E-state index in [0.29, 0.717) is 11.1 Å². The van der Waals surface area contributed by atoms with E-state index in [1.165, 1.54) is 36.4 Å². The van der Waals surface area contributed by atoms with E-state index in [-0.39, 0.29) is 16.1 Å². The molecule has 3 N–H and O–H groups in total. The number of sulfonamides is 1. The first-order valence-electron chi connectivity index (χ1n) is 7.28. The minimum absolute atomic E-state index is 0.0583. The highest BCUT2D eigenvalue weighted by Gasteiger charge is 2.18. The zero-order valence-electron chi connectivity index (χ0n) is 13.6. The molecule has 1 amide bonds. The number of aryl methyl sites for hydroxylation is 1. The lowest BCUT2D eigenvalue weighted by Gasteiger charge is -2.15. The van der Waals surface area contributed by atoms with E-state index in [1.807, 2.05) is 0 Å². The van der Waals surface area contributed by atoms with Crippen LogP contribution in [0.2, 0.25) is 0 Å². The number of hydrogen-bond acceptors (Lipinski definition) is 5. The molecule has 0 aliphatic rings. The first-order valence-corrected chi connectivity index (χ1v) is 8.83. The number of nitrogens with zero attached hydrogens (tertiary/aromatic N) is 1. The molecule has 0 saturated carbocycles. The van der Waals surface area contributed by atoms with E-state index in [2.05, 4.69) is 5.32 Å². The summed E-state index contributed by atoms with van der Waals surface area (Å²) in [6.45, 7) is 3.25. The Morgan fingerprint density at radius 3 is 2.52 bits per heavy atom. The largest absolute Gasteiger partial charge is 0.346 e. The van der Waals surface area contributed by atoms with Crippen LogP contribution in [0, 0.1) is 17.0 Å². The Labute approximate surface area is 144 Å². The van der Waals surface area contributed by atoms with Crippen LogP contribution < -0.4 is 10.5 Å². The molecule has 0 radical (unpaired) electrons. The number of benzene rings is 2. The molecule has 0 spiro atoms. The number of nitrogens with two attached hydrogens (primary N) is 1. The van der Waals surface area contributed by atoms with Gasteiger partial charge in [-0.15, -0.1) is 0 Å².